The van der Waals surface area contributed by atoms with Crippen LogP contribution in [-0.4, -0.2) is 28.8 Å². The Morgan fingerprint density at radius 1 is 1.40 bits per heavy atom. The van der Waals surface area contributed by atoms with Crippen LogP contribution >= 0.6 is 11.3 Å². The Bertz CT molecular complexity index is 920. The van der Waals surface area contributed by atoms with E-state index in [-0.39, 0.29) is 12.4 Å². The number of nitrogens with one attached hydrogen (secondary N) is 1. The number of benzene rings is 1. The number of carbonyl (C=O) groups excluding carboxylic acids is 1. The molecule has 128 valence electrons. The molecular weight excluding hydrogens is 336 g/mol. The number of aryl methyl sites for hydroxylation is 1. The van der Waals surface area contributed by atoms with E-state index in [9.17, 15) is 4.79 Å². The lowest BCUT2D eigenvalue weighted by Crippen LogP contribution is -2.07. The van der Waals surface area contributed by atoms with Crippen molar-refractivity contribution in [3.8, 4) is 0 Å². The number of hydrogen-bond acceptors (Lipinski definition) is 7. The zero-order valence-electron chi connectivity index (χ0n) is 14.0. The lowest BCUT2D eigenvalue weighted by atomic mass is 10.0. The van der Waals surface area contributed by atoms with Crippen molar-refractivity contribution in [2.45, 2.75) is 20.3 Å². The predicted molar refractivity (Wildman–Crippen MR) is 100 cm³/mol. The number of aromatic nitrogens is 2. The second-order valence-corrected chi connectivity index (χ2v) is 6.22. The SMILES string of the molecule is CCOC(=O)Cc1csc(NN=Cc2c(C)ccc3ncccc23)n1. The van der Waals surface area contributed by atoms with E-state index in [1.165, 1.54) is 11.3 Å². The van der Waals surface area contributed by atoms with Gasteiger partial charge in [-0.15, -0.1) is 11.3 Å². The van der Waals surface area contributed by atoms with E-state index >= 15 is 0 Å². The summed E-state index contributed by atoms with van der Waals surface area (Å²) in [7, 11) is 0. The molecule has 0 spiro atoms. The standard InChI is InChI=1S/C18H18N4O2S/c1-3-24-17(23)9-13-11-25-18(21-13)22-20-10-15-12(2)6-7-16-14(15)5-4-8-19-16/h4-8,10-11H,3,9H2,1-2H3,(H,21,22). The molecule has 25 heavy (non-hydrogen) atoms. The first-order valence-electron chi connectivity index (χ1n) is 7.91. The van der Waals surface area contributed by atoms with Crippen molar-refractivity contribution in [2.24, 2.45) is 5.10 Å². The molecule has 0 aliphatic heterocycles. The first kappa shape index (κ1) is 17.0. The normalized spacial score (nSPS) is 11.1. The van der Waals surface area contributed by atoms with Crippen LogP contribution in [-0.2, 0) is 16.0 Å². The van der Waals surface area contributed by atoms with Crippen molar-refractivity contribution in [1.82, 2.24) is 9.97 Å². The van der Waals surface area contributed by atoms with E-state index in [4.69, 9.17) is 4.74 Å². The van der Waals surface area contributed by atoms with Gasteiger partial charge in [-0.1, -0.05) is 12.1 Å². The molecule has 3 aromatic rings. The van der Waals surface area contributed by atoms with Crippen LogP contribution in [0.3, 0.4) is 0 Å². The van der Waals surface area contributed by atoms with Crippen LogP contribution in [0.2, 0.25) is 0 Å². The van der Waals surface area contributed by atoms with E-state index in [0.717, 1.165) is 22.0 Å². The van der Waals surface area contributed by atoms with E-state index < -0.39 is 0 Å². The number of thiazole rings is 1. The van der Waals surface area contributed by atoms with Crippen molar-refractivity contribution in [3.05, 3.63) is 52.7 Å². The van der Waals surface area contributed by atoms with Crippen molar-refractivity contribution in [2.75, 3.05) is 12.0 Å². The summed E-state index contributed by atoms with van der Waals surface area (Å²) in [6, 6.07) is 7.96. The Balaban J connectivity index is 1.71. The summed E-state index contributed by atoms with van der Waals surface area (Å²) in [6.07, 6.45) is 3.72. The van der Waals surface area contributed by atoms with Crippen LogP contribution in [0, 0.1) is 6.92 Å². The Labute approximate surface area is 149 Å². The topological polar surface area (TPSA) is 76.5 Å². The van der Waals surface area contributed by atoms with Gasteiger partial charge in [0, 0.05) is 22.5 Å². The van der Waals surface area contributed by atoms with E-state index in [2.05, 4.69) is 20.5 Å². The Kier molecular flexibility index (Phi) is 5.35. The van der Waals surface area contributed by atoms with Gasteiger partial charge in [0.05, 0.1) is 30.5 Å². The summed E-state index contributed by atoms with van der Waals surface area (Å²) < 4.78 is 4.92. The number of rotatable bonds is 6. The number of pyridine rings is 1. The number of carbonyl (C=O) groups is 1. The molecule has 0 unspecified atom stereocenters. The largest absolute Gasteiger partial charge is 0.466 e. The minimum atomic E-state index is -0.276. The van der Waals surface area contributed by atoms with Crippen LogP contribution in [0.25, 0.3) is 10.9 Å². The molecule has 0 saturated carbocycles. The van der Waals surface area contributed by atoms with Crippen molar-refractivity contribution >= 4 is 39.6 Å². The van der Waals surface area contributed by atoms with Gasteiger partial charge in [0.25, 0.3) is 0 Å². The molecule has 0 amide bonds. The average Bonchev–Trinajstić information content (AvgIpc) is 3.04. The highest BCUT2D eigenvalue weighted by Gasteiger charge is 2.08. The van der Waals surface area contributed by atoms with Crippen LogP contribution in [0.5, 0.6) is 0 Å². The number of hydrazone groups is 1. The summed E-state index contributed by atoms with van der Waals surface area (Å²) in [5.74, 6) is -0.276. The van der Waals surface area contributed by atoms with Crippen LogP contribution in [0.15, 0.2) is 40.9 Å². The second kappa shape index (κ2) is 7.85. The van der Waals surface area contributed by atoms with Gasteiger partial charge in [-0.3, -0.25) is 15.2 Å². The number of ether oxygens (including phenoxy) is 1. The van der Waals surface area contributed by atoms with Gasteiger partial charge in [-0.2, -0.15) is 5.10 Å². The fourth-order valence-electron chi connectivity index (χ4n) is 2.41. The molecule has 2 aromatic heterocycles. The summed E-state index contributed by atoms with van der Waals surface area (Å²) in [5.41, 5.74) is 6.65. The van der Waals surface area contributed by atoms with Crippen molar-refractivity contribution < 1.29 is 9.53 Å². The highest BCUT2D eigenvalue weighted by atomic mass is 32.1. The van der Waals surface area contributed by atoms with Gasteiger partial charge in [0.1, 0.15) is 0 Å². The second-order valence-electron chi connectivity index (χ2n) is 5.36. The molecule has 0 radical (unpaired) electrons. The van der Waals surface area contributed by atoms with Gasteiger partial charge in [-0.05, 0) is 31.5 Å². The molecule has 3 rings (SSSR count). The van der Waals surface area contributed by atoms with Gasteiger partial charge >= 0.3 is 5.97 Å². The maximum absolute atomic E-state index is 11.5. The van der Waals surface area contributed by atoms with Crippen molar-refractivity contribution in [3.63, 3.8) is 0 Å². The Morgan fingerprint density at radius 3 is 3.12 bits per heavy atom. The molecule has 1 aromatic carbocycles. The lowest BCUT2D eigenvalue weighted by molar-refractivity contribution is -0.142. The van der Waals surface area contributed by atoms with Gasteiger partial charge in [0.15, 0.2) is 0 Å². The highest BCUT2D eigenvalue weighted by molar-refractivity contribution is 7.13. The molecule has 6 nitrogen and oxygen atoms in total. The molecule has 0 bridgehead atoms. The molecule has 0 saturated heterocycles. The molecule has 1 N–H and O–H groups in total. The summed E-state index contributed by atoms with van der Waals surface area (Å²) >= 11 is 1.40. The zero-order valence-corrected chi connectivity index (χ0v) is 14.8. The smallest absolute Gasteiger partial charge is 0.311 e. The molecule has 0 aliphatic carbocycles. The average molecular weight is 354 g/mol. The number of nitrogens with zero attached hydrogens (tertiary/aromatic N) is 3. The summed E-state index contributed by atoms with van der Waals surface area (Å²) in [5, 5.41) is 7.78. The maximum Gasteiger partial charge on any atom is 0.311 e. The van der Waals surface area contributed by atoms with Gasteiger partial charge in [-0.25, -0.2) is 4.98 Å². The van der Waals surface area contributed by atoms with Crippen molar-refractivity contribution in [1.29, 1.82) is 0 Å². The summed E-state index contributed by atoms with van der Waals surface area (Å²) in [4.78, 5) is 20.2. The van der Waals surface area contributed by atoms with E-state index in [1.54, 1.807) is 19.3 Å². The number of hydrogen-bond donors (Lipinski definition) is 1. The fourth-order valence-corrected chi connectivity index (χ4v) is 3.07. The monoisotopic (exact) mass is 354 g/mol. The third-order valence-corrected chi connectivity index (χ3v) is 4.38. The predicted octanol–water partition coefficient (Wildman–Crippen LogP) is 3.55. The molecule has 0 fully saturated rings. The maximum atomic E-state index is 11.5. The number of esters is 1. The highest BCUT2D eigenvalue weighted by Crippen LogP contribution is 2.19. The molecular formula is C18H18N4O2S. The minimum Gasteiger partial charge on any atom is -0.466 e. The zero-order chi connectivity index (χ0) is 17.6. The first-order valence-corrected chi connectivity index (χ1v) is 8.78. The van der Waals surface area contributed by atoms with E-state index in [0.29, 0.717) is 17.4 Å². The number of fused-ring (bicyclic) bond motifs is 1. The molecule has 0 atom stereocenters. The molecule has 7 heteroatoms. The van der Waals surface area contributed by atoms with E-state index in [1.807, 2.05) is 36.6 Å². The lowest BCUT2D eigenvalue weighted by Gasteiger charge is -2.04. The van der Waals surface area contributed by atoms with Gasteiger partial charge in [0.2, 0.25) is 5.13 Å². The third kappa shape index (κ3) is 4.19. The quantitative estimate of drug-likeness (QED) is 0.416. The fraction of sp³-hybridized carbons (Fsp3) is 0.222. The van der Waals surface area contributed by atoms with Gasteiger partial charge < -0.3 is 4.74 Å². The van der Waals surface area contributed by atoms with Crippen LogP contribution in [0.1, 0.15) is 23.7 Å². The minimum absolute atomic E-state index is 0.170. The third-order valence-electron chi connectivity index (χ3n) is 3.58. The Morgan fingerprint density at radius 2 is 2.28 bits per heavy atom. The first-order chi connectivity index (χ1) is 12.2. The van der Waals surface area contributed by atoms with Crippen LogP contribution in [0.4, 0.5) is 5.13 Å². The van der Waals surface area contributed by atoms with Crippen LogP contribution < -0.4 is 5.43 Å². The Hall–Kier alpha value is -2.80. The molecule has 2 heterocycles. The number of anilines is 1. The summed E-state index contributed by atoms with van der Waals surface area (Å²) in [6.45, 7) is 4.19. The molecule has 0 aliphatic rings.